The number of aromatic nitrogens is 2. The van der Waals surface area contributed by atoms with E-state index in [1.54, 1.807) is 6.20 Å². The normalized spacial score (nSPS) is 18.9. The Morgan fingerprint density at radius 3 is 3.15 bits per heavy atom. The van der Waals surface area contributed by atoms with Crippen molar-refractivity contribution in [2.45, 2.75) is 19.8 Å². The molecule has 0 aromatic carbocycles. The predicted octanol–water partition coefficient (Wildman–Crippen LogP) is 1.21. The summed E-state index contributed by atoms with van der Waals surface area (Å²) < 4.78 is 5.13. The maximum absolute atomic E-state index is 12.5. The molecule has 6 nitrogen and oxygen atoms in total. The molecule has 3 rings (SSSR count). The van der Waals surface area contributed by atoms with Crippen LogP contribution < -0.4 is 5.73 Å². The van der Waals surface area contributed by atoms with E-state index in [1.807, 2.05) is 17.9 Å². The third kappa shape index (κ3) is 2.16. The second-order valence-corrected chi connectivity index (χ2v) is 5.20. The molecule has 0 saturated carbocycles. The summed E-state index contributed by atoms with van der Waals surface area (Å²) in [6.45, 7) is 4.13. The Kier molecular flexibility index (Phi) is 3.40. The maximum atomic E-state index is 12.5. The van der Waals surface area contributed by atoms with Gasteiger partial charge in [0.05, 0.1) is 16.6 Å². The van der Waals surface area contributed by atoms with Crippen LogP contribution in [0.5, 0.6) is 0 Å². The van der Waals surface area contributed by atoms with E-state index in [2.05, 4.69) is 10.1 Å². The van der Waals surface area contributed by atoms with Crippen LogP contribution in [0.3, 0.4) is 0 Å². The summed E-state index contributed by atoms with van der Waals surface area (Å²) >= 11 is 0. The molecule has 6 heteroatoms. The molecule has 0 aliphatic carbocycles. The van der Waals surface area contributed by atoms with Crippen LogP contribution in [-0.2, 0) is 6.42 Å². The second kappa shape index (κ2) is 5.20. The smallest absolute Gasteiger partial charge is 0.257 e. The van der Waals surface area contributed by atoms with E-state index < -0.39 is 0 Å². The Balaban J connectivity index is 1.88. The number of aryl methyl sites for hydroxylation is 1. The SMILES string of the molecule is CCc1noc2ncc(C(=O)N3CCC(CN)C3)cc12. The van der Waals surface area contributed by atoms with Crippen LogP contribution in [0.25, 0.3) is 11.1 Å². The molecule has 2 aromatic rings. The monoisotopic (exact) mass is 274 g/mol. The maximum Gasteiger partial charge on any atom is 0.257 e. The Morgan fingerprint density at radius 2 is 2.45 bits per heavy atom. The van der Waals surface area contributed by atoms with Crippen LogP contribution in [0.2, 0.25) is 0 Å². The molecule has 2 N–H and O–H groups in total. The van der Waals surface area contributed by atoms with Crippen LogP contribution in [0.15, 0.2) is 16.8 Å². The Hall–Kier alpha value is -1.95. The van der Waals surface area contributed by atoms with Crippen LogP contribution in [0.4, 0.5) is 0 Å². The summed E-state index contributed by atoms with van der Waals surface area (Å²) in [6.07, 6.45) is 3.29. The van der Waals surface area contributed by atoms with E-state index in [9.17, 15) is 4.79 Å². The quantitative estimate of drug-likeness (QED) is 0.909. The number of rotatable bonds is 3. The number of carbonyl (C=O) groups excluding carboxylic acids is 1. The van der Waals surface area contributed by atoms with Crippen molar-refractivity contribution in [3.63, 3.8) is 0 Å². The number of carbonyl (C=O) groups is 1. The molecule has 3 heterocycles. The van der Waals surface area contributed by atoms with E-state index in [4.69, 9.17) is 10.3 Å². The zero-order valence-electron chi connectivity index (χ0n) is 11.5. The summed E-state index contributed by atoms with van der Waals surface area (Å²) in [5, 5.41) is 4.78. The fourth-order valence-electron chi connectivity index (χ4n) is 2.64. The van der Waals surface area contributed by atoms with Gasteiger partial charge in [0, 0.05) is 19.3 Å². The van der Waals surface area contributed by atoms with Crippen molar-refractivity contribution in [1.29, 1.82) is 0 Å². The highest BCUT2D eigenvalue weighted by Gasteiger charge is 2.26. The molecule has 106 valence electrons. The minimum Gasteiger partial charge on any atom is -0.338 e. The van der Waals surface area contributed by atoms with Crippen LogP contribution in [0, 0.1) is 5.92 Å². The number of pyridine rings is 1. The van der Waals surface area contributed by atoms with E-state index in [-0.39, 0.29) is 5.91 Å². The molecular weight excluding hydrogens is 256 g/mol. The van der Waals surface area contributed by atoms with Crippen molar-refractivity contribution in [3.05, 3.63) is 23.5 Å². The van der Waals surface area contributed by atoms with Gasteiger partial charge in [0.15, 0.2) is 0 Å². The number of nitrogens with two attached hydrogens (primary N) is 1. The molecule has 1 fully saturated rings. The van der Waals surface area contributed by atoms with Gasteiger partial charge in [-0.05, 0) is 31.4 Å². The van der Waals surface area contributed by atoms with Gasteiger partial charge in [-0.1, -0.05) is 12.1 Å². The molecule has 1 aliphatic rings. The lowest BCUT2D eigenvalue weighted by molar-refractivity contribution is 0.0787. The number of nitrogens with zero attached hydrogens (tertiary/aromatic N) is 3. The highest BCUT2D eigenvalue weighted by molar-refractivity contribution is 5.97. The summed E-state index contributed by atoms with van der Waals surface area (Å²) in [6, 6.07) is 1.83. The number of hydrogen-bond acceptors (Lipinski definition) is 5. The van der Waals surface area contributed by atoms with Crippen molar-refractivity contribution >= 4 is 17.0 Å². The highest BCUT2D eigenvalue weighted by atomic mass is 16.5. The molecule has 20 heavy (non-hydrogen) atoms. The third-order valence-corrected chi connectivity index (χ3v) is 3.89. The fraction of sp³-hybridized carbons (Fsp3) is 0.500. The lowest BCUT2D eigenvalue weighted by atomic mass is 10.1. The Bertz CT molecular complexity index is 637. The summed E-state index contributed by atoms with van der Waals surface area (Å²) in [4.78, 5) is 18.5. The molecule has 1 atom stereocenters. The number of likely N-dealkylation sites (tertiary alicyclic amines) is 1. The molecule has 0 radical (unpaired) electrons. The standard InChI is InChI=1S/C14H18N4O2/c1-2-12-11-5-10(7-16-13(11)20-17-12)14(19)18-4-3-9(6-15)8-18/h5,7,9H,2-4,6,8,15H2,1H3. The van der Waals surface area contributed by atoms with Crippen LogP contribution in [-0.4, -0.2) is 40.6 Å². The highest BCUT2D eigenvalue weighted by Crippen LogP contribution is 2.21. The molecule has 1 amide bonds. The van der Waals surface area contributed by atoms with Gasteiger partial charge in [0.1, 0.15) is 0 Å². The first-order valence-corrected chi connectivity index (χ1v) is 6.96. The van der Waals surface area contributed by atoms with E-state index >= 15 is 0 Å². The van der Waals surface area contributed by atoms with Crippen molar-refractivity contribution in [2.24, 2.45) is 11.7 Å². The van der Waals surface area contributed by atoms with Gasteiger partial charge in [0.25, 0.3) is 11.6 Å². The lowest BCUT2D eigenvalue weighted by Crippen LogP contribution is -2.29. The Morgan fingerprint density at radius 1 is 1.60 bits per heavy atom. The summed E-state index contributed by atoms with van der Waals surface area (Å²) in [7, 11) is 0. The van der Waals surface area contributed by atoms with Gasteiger partial charge >= 0.3 is 0 Å². The molecule has 2 aromatic heterocycles. The molecule has 1 aliphatic heterocycles. The van der Waals surface area contributed by atoms with Gasteiger partial charge in [0.2, 0.25) is 0 Å². The van der Waals surface area contributed by atoms with Crippen molar-refractivity contribution in [2.75, 3.05) is 19.6 Å². The molecule has 0 spiro atoms. The molecule has 1 saturated heterocycles. The summed E-state index contributed by atoms with van der Waals surface area (Å²) in [5.74, 6) is 0.427. The summed E-state index contributed by atoms with van der Waals surface area (Å²) in [5.41, 5.74) is 7.58. The topological polar surface area (TPSA) is 85.2 Å². The fourth-order valence-corrected chi connectivity index (χ4v) is 2.64. The first kappa shape index (κ1) is 13.1. The van der Waals surface area contributed by atoms with Crippen LogP contribution in [0.1, 0.15) is 29.4 Å². The average molecular weight is 274 g/mol. The van der Waals surface area contributed by atoms with Crippen molar-refractivity contribution in [1.82, 2.24) is 15.0 Å². The van der Waals surface area contributed by atoms with E-state index in [0.717, 1.165) is 37.0 Å². The van der Waals surface area contributed by atoms with Gasteiger partial charge in [-0.3, -0.25) is 4.79 Å². The molecule has 0 bridgehead atoms. The third-order valence-electron chi connectivity index (χ3n) is 3.89. The zero-order valence-corrected chi connectivity index (χ0v) is 11.5. The lowest BCUT2D eigenvalue weighted by Gasteiger charge is -2.15. The minimum absolute atomic E-state index is 0.0126. The van der Waals surface area contributed by atoms with Crippen LogP contribution >= 0.6 is 0 Å². The first-order valence-electron chi connectivity index (χ1n) is 6.96. The number of fused-ring (bicyclic) bond motifs is 1. The predicted molar refractivity (Wildman–Crippen MR) is 74.2 cm³/mol. The van der Waals surface area contributed by atoms with Crippen molar-refractivity contribution in [3.8, 4) is 0 Å². The average Bonchev–Trinajstić information content (AvgIpc) is 3.12. The van der Waals surface area contributed by atoms with E-state index in [0.29, 0.717) is 23.7 Å². The number of hydrogen-bond donors (Lipinski definition) is 1. The Labute approximate surface area is 116 Å². The van der Waals surface area contributed by atoms with Gasteiger partial charge in [-0.15, -0.1) is 0 Å². The minimum atomic E-state index is 0.0126. The van der Waals surface area contributed by atoms with Crippen molar-refractivity contribution < 1.29 is 9.32 Å². The molecule has 1 unspecified atom stereocenters. The van der Waals surface area contributed by atoms with E-state index in [1.165, 1.54) is 0 Å². The number of amides is 1. The van der Waals surface area contributed by atoms with Gasteiger partial charge < -0.3 is 15.2 Å². The van der Waals surface area contributed by atoms with Gasteiger partial charge in [-0.2, -0.15) is 0 Å². The first-order chi connectivity index (χ1) is 9.72. The zero-order chi connectivity index (χ0) is 14.1. The second-order valence-electron chi connectivity index (χ2n) is 5.20. The largest absolute Gasteiger partial charge is 0.338 e. The van der Waals surface area contributed by atoms with Gasteiger partial charge in [-0.25, -0.2) is 4.98 Å². The molecular formula is C14H18N4O2.